The van der Waals surface area contributed by atoms with Crippen molar-refractivity contribution in [3.63, 3.8) is 0 Å². The topological polar surface area (TPSA) is 111 Å². The fourth-order valence-corrected chi connectivity index (χ4v) is 2.03. The molecule has 6 nitrogen and oxygen atoms in total. The van der Waals surface area contributed by atoms with Crippen molar-refractivity contribution in [1.82, 2.24) is 9.97 Å². The second-order valence-corrected chi connectivity index (χ2v) is 5.60. The van der Waals surface area contributed by atoms with Crippen LogP contribution in [-0.2, 0) is 0 Å². The summed E-state index contributed by atoms with van der Waals surface area (Å²) in [4.78, 5) is 7.60. The number of nitrogens with zero attached hydrogens (tertiary/aromatic N) is 3. The number of rotatable bonds is 5. The molecule has 1 heterocycles. The molecule has 0 aliphatic rings. The van der Waals surface area contributed by atoms with Crippen molar-refractivity contribution in [2.45, 2.75) is 20.3 Å². The van der Waals surface area contributed by atoms with Crippen molar-refractivity contribution in [2.24, 2.45) is 5.92 Å². The number of hydrogen-bond donors (Lipinski definition) is 2. The minimum atomic E-state index is -1.12. The van der Waals surface area contributed by atoms with Gasteiger partial charge in [-0.25, -0.2) is 9.37 Å². The van der Waals surface area contributed by atoms with Gasteiger partial charge >= 0.3 is 0 Å². The van der Waals surface area contributed by atoms with Gasteiger partial charge in [-0.15, -0.1) is 0 Å². The molecule has 0 amide bonds. The smallest absolute Gasteiger partial charge is 0.222 e. The largest absolute Gasteiger partial charge is 0.490 e. The van der Waals surface area contributed by atoms with Crippen LogP contribution in [0, 0.1) is 28.9 Å². The summed E-state index contributed by atoms with van der Waals surface area (Å²) >= 11 is 0. The highest BCUT2D eigenvalue weighted by atomic mass is 19.2. The highest BCUT2D eigenvalue weighted by Gasteiger charge is 2.18. The maximum Gasteiger partial charge on any atom is 0.222 e. The number of ether oxygens (including phenoxy) is 1. The van der Waals surface area contributed by atoms with E-state index in [0.29, 0.717) is 12.3 Å². The molecular formula is C16H17F2N5O. The van der Waals surface area contributed by atoms with Crippen LogP contribution in [0.4, 0.5) is 20.5 Å². The van der Waals surface area contributed by atoms with Crippen LogP contribution in [0.15, 0.2) is 12.1 Å². The Morgan fingerprint density at radius 1 is 1.25 bits per heavy atom. The van der Waals surface area contributed by atoms with Crippen LogP contribution >= 0.6 is 0 Å². The summed E-state index contributed by atoms with van der Waals surface area (Å²) in [6.45, 7) is 4.21. The van der Waals surface area contributed by atoms with E-state index in [-0.39, 0.29) is 40.9 Å². The van der Waals surface area contributed by atoms with Crippen LogP contribution in [0.2, 0.25) is 0 Å². The van der Waals surface area contributed by atoms with E-state index >= 15 is 0 Å². The van der Waals surface area contributed by atoms with E-state index in [2.05, 4.69) is 9.97 Å². The quantitative estimate of drug-likeness (QED) is 0.870. The molecule has 1 aromatic carbocycles. The molecule has 0 fully saturated rings. The van der Waals surface area contributed by atoms with Crippen molar-refractivity contribution in [2.75, 3.05) is 18.1 Å². The second-order valence-electron chi connectivity index (χ2n) is 5.60. The third-order valence-corrected chi connectivity index (χ3v) is 3.29. The lowest BCUT2D eigenvalue weighted by molar-refractivity contribution is 0.272. The van der Waals surface area contributed by atoms with Crippen molar-refractivity contribution in [3.8, 4) is 23.1 Å². The van der Waals surface area contributed by atoms with Crippen LogP contribution < -0.4 is 16.2 Å². The van der Waals surface area contributed by atoms with Gasteiger partial charge in [0.15, 0.2) is 11.6 Å². The third-order valence-electron chi connectivity index (χ3n) is 3.29. The average molecular weight is 333 g/mol. The van der Waals surface area contributed by atoms with E-state index in [9.17, 15) is 14.0 Å². The number of benzene rings is 1. The summed E-state index contributed by atoms with van der Waals surface area (Å²) in [5.74, 6) is -2.43. The van der Waals surface area contributed by atoms with E-state index < -0.39 is 11.6 Å². The number of nitrogens with two attached hydrogens (primary N) is 2. The fourth-order valence-electron chi connectivity index (χ4n) is 2.03. The predicted molar refractivity (Wildman–Crippen MR) is 85.9 cm³/mol. The molecule has 0 unspecified atom stereocenters. The highest BCUT2D eigenvalue weighted by Crippen LogP contribution is 2.31. The van der Waals surface area contributed by atoms with Crippen molar-refractivity contribution in [1.29, 1.82) is 5.26 Å². The maximum atomic E-state index is 13.9. The van der Waals surface area contributed by atoms with E-state index in [4.69, 9.17) is 16.2 Å². The van der Waals surface area contributed by atoms with Crippen LogP contribution in [0.1, 0.15) is 25.8 Å². The minimum Gasteiger partial charge on any atom is -0.490 e. The van der Waals surface area contributed by atoms with Gasteiger partial charge < -0.3 is 16.2 Å². The average Bonchev–Trinajstić information content (AvgIpc) is 2.50. The minimum absolute atomic E-state index is 0.0232. The van der Waals surface area contributed by atoms with Gasteiger partial charge in [0.25, 0.3) is 0 Å². The summed E-state index contributed by atoms with van der Waals surface area (Å²) in [6.07, 6.45) is 0.683. The summed E-state index contributed by atoms with van der Waals surface area (Å²) in [5, 5.41) is 9.20. The number of aromatic nitrogens is 2. The molecule has 0 aliphatic carbocycles. The van der Waals surface area contributed by atoms with Crippen molar-refractivity contribution >= 4 is 11.8 Å². The number of nitriles is 1. The lowest BCUT2D eigenvalue weighted by atomic mass is 10.1. The van der Waals surface area contributed by atoms with Crippen LogP contribution in [0.3, 0.4) is 0 Å². The maximum absolute atomic E-state index is 13.9. The zero-order chi connectivity index (χ0) is 17.9. The molecule has 24 heavy (non-hydrogen) atoms. The lowest BCUT2D eigenvalue weighted by Gasteiger charge is -2.12. The van der Waals surface area contributed by atoms with Gasteiger partial charge in [-0.3, -0.25) is 0 Å². The van der Waals surface area contributed by atoms with Gasteiger partial charge in [0.1, 0.15) is 17.5 Å². The van der Waals surface area contributed by atoms with Crippen molar-refractivity contribution in [3.05, 3.63) is 29.3 Å². The van der Waals surface area contributed by atoms with Crippen LogP contribution in [0.25, 0.3) is 11.3 Å². The monoisotopic (exact) mass is 333 g/mol. The van der Waals surface area contributed by atoms with Crippen LogP contribution in [-0.4, -0.2) is 16.6 Å². The van der Waals surface area contributed by atoms with Gasteiger partial charge in [-0.05, 0) is 24.5 Å². The molecular weight excluding hydrogens is 316 g/mol. The zero-order valence-electron chi connectivity index (χ0n) is 13.3. The Bertz CT molecular complexity index is 802. The SMILES string of the molecule is CC(C)CCOc1cc(-c2nc(N)nc(N)c2C#N)cc(F)c1F. The molecule has 0 saturated heterocycles. The molecule has 0 saturated carbocycles. The summed E-state index contributed by atoms with van der Waals surface area (Å²) in [5.41, 5.74) is 11.3. The number of halogens is 2. The molecule has 2 aromatic rings. The Kier molecular flexibility index (Phi) is 5.14. The predicted octanol–water partition coefficient (Wildman–Crippen LogP) is 2.88. The van der Waals surface area contributed by atoms with Gasteiger partial charge in [0, 0.05) is 5.56 Å². The third kappa shape index (κ3) is 3.68. The van der Waals surface area contributed by atoms with E-state index in [0.717, 1.165) is 6.07 Å². The highest BCUT2D eigenvalue weighted by molar-refractivity contribution is 5.74. The first-order chi connectivity index (χ1) is 11.3. The summed E-state index contributed by atoms with van der Waals surface area (Å²) in [6, 6.07) is 4.01. The number of nitrogen functional groups attached to an aromatic ring is 2. The molecule has 1 aromatic heterocycles. The molecule has 0 atom stereocenters. The Labute approximate surface area is 138 Å². The van der Waals surface area contributed by atoms with E-state index in [1.807, 2.05) is 19.9 Å². The molecule has 4 N–H and O–H groups in total. The zero-order valence-corrected chi connectivity index (χ0v) is 13.3. The normalized spacial score (nSPS) is 10.7. The Morgan fingerprint density at radius 3 is 2.58 bits per heavy atom. The first kappa shape index (κ1) is 17.4. The molecule has 0 spiro atoms. The first-order valence-corrected chi connectivity index (χ1v) is 7.28. The van der Waals surface area contributed by atoms with Gasteiger partial charge in [0.2, 0.25) is 11.8 Å². The van der Waals surface area contributed by atoms with E-state index in [1.165, 1.54) is 6.07 Å². The molecule has 0 radical (unpaired) electrons. The summed E-state index contributed by atoms with van der Waals surface area (Å²) in [7, 11) is 0. The second kappa shape index (κ2) is 7.08. The molecule has 0 aliphatic heterocycles. The number of anilines is 2. The van der Waals surface area contributed by atoms with Gasteiger partial charge in [-0.1, -0.05) is 13.8 Å². The number of hydrogen-bond acceptors (Lipinski definition) is 6. The standard InChI is InChI=1S/C16H17F2N5O/c1-8(2)3-4-24-12-6-9(5-11(17)13(12)18)14-10(7-19)15(20)23-16(21)22-14/h5-6,8H,3-4H2,1-2H3,(H4,20,21,22,23). The first-order valence-electron chi connectivity index (χ1n) is 7.28. The van der Waals surface area contributed by atoms with Gasteiger partial charge in [-0.2, -0.15) is 14.6 Å². The van der Waals surface area contributed by atoms with E-state index in [1.54, 1.807) is 0 Å². The van der Waals surface area contributed by atoms with Crippen LogP contribution in [0.5, 0.6) is 5.75 Å². The molecule has 126 valence electrons. The fraction of sp³-hybridized carbons (Fsp3) is 0.312. The van der Waals surface area contributed by atoms with Gasteiger partial charge in [0.05, 0.1) is 12.3 Å². The Hall–Kier alpha value is -2.95. The lowest BCUT2D eigenvalue weighted by Crippen LogP contribution is -2.07. The molecule has 2 rings (SSSR count). The molecule has 0 bridgehead atoms. The summed E-state index contributed by atoms with van der Waals surface area (Å²) < 4.78 is 33.1. The Balaban J connectivity index is 2.49. The molecule has 8 heteroatoms. The Morgan fingerprint density at radius 2 is 1.96 bits per heavy atom. The van der Waals surface area contributed by atoms with Crippen molar-refractivity contribution < 1.29 is 13.5 Å².